The molecule has 3 atom stereocenters. The minimum absolute atomic E-state index is 0.138. The van der Waals surface area contributed by atoms with Crippen LogP contribution in [0.1, 0.15) is 51.5 Å². The van der Waals surface area contributed by atoms with Crippen LogP contribution in [0.5, 0.6) is 0 Å². The van der Waals surface area contributed by atoms with Crippen molar-refractivity contribution in [3.8, 4) is 0 Å². The summed E-state index contributed by atoms with van der Waals surface area (Å²) < 4.78 is 9.54. The van der Waals surface area contributed by atoms with Crippen molar-refractivity contribution in [1.82, 2.24) is 20.0 Å². The highest BCUT2D eigenvalue weighted by atomic mass is 32.2. The van der Waals surface area contributed by atoms with Crippen molar-refractivity contribution in [1.29, 1.82) is 0 Å². The summed E-state index contributed by atoms with van der Waals surface area (Å²) >= 11 is 1.03. The molecule has 3 rings (SSSR count). The third-order valence-corrected chi connectivity index (χ3v) is 6.38. The van der Waals surface area contributed by atoms with Gasteiger partial charge >= 0.3 is 0 Å². The Bertz CT molecular complexity index is 845. The molecule has 2 saturated heterocycles. The molecular weight excluding hydrogens is 456 g/mol. The molecule has 0 radical (unpaired) electrons. The lowest BCUT2D eigenvalue weighted by atomic mass is 9.82. The van der Waals surface area contributed by atoms with E-state index >= 15 is 0 Å². The second-order valence-corrected chi connectivity index (χ2v) is 9.68. The molecule has 0 aliphatic carbocycles. The molecule has 1 unspecified atom stereocenters. The van der Waals surface area contributed by atoms with Gasteiger partial charge in [-0.2, -0.15) is 4.41 Å². The van der Waals surface area contributed by atoms with Gasteiger partial charge in [0.1, 0.15) is 0 Å². The monoisotopic (exact) mass is 490 g/mol. The van der Waals surface area contributed by atoms with Crippen LogP contribution in [0.2, 0.25) is 0 Å². The first-order valence-corrected chi connectivity index (χ1v) is 12.5. The molecule has 186 valence electrons. The number of amides is 3. The van der Waals surface area contributed by atoms with E-state index in [0.29, 0.717) is 25.9 Å². The summed E-state index contributed by atoms with van der Waals surface area (Å²) in [7, 11) is 0. The summed E-state index contributed by atoms with van der Waals surface area (Å²) in [4.78, 5) is 44.0. The van der Waals surface area contributed by atoms with Gasteiger partial charge in [-0.3, -0.25) is 19.8 Å². The van der Waals surface area contributed by atoms with Crippen LogP contribution in [-0.2, 0) is 24.0 Å². The first kappa shape index (κ1) is 26.2. The molecule has 0 spiro atoms. The Labute approximate surface area is 205 Å². The third kappa shape index (κ3) is 8.12. The zero-order valence-electron chi connectivity index (χ0n) is 19.7. The highest BCUT2D eigenvalue weighted by Gasteiger charge is 2.36. The number of carbonyl (C=O) groups is 3. The van der Waals surface area contributed by atoms with Crippen molar-refractivity contribution < 1.29 is 24.0 Å². The lowest BCUT2D eigenvalue weighted by Crippen LogP contribution is -2.48. The Hall–Kier alpha value is -2.40. The number of carbonyl (C=O) groups excluding carboxylic acids is 3. The molecular formula is C24H34N4O5S. The van der Waals surface area contributed by atoms with Gasteiger partial charge in [0.2, 0.25) is 11.8 Å². The SMILES string of the molecule is CC(C)C[C@@H](C(=O)NN1SNCC1=O)[C@H](CC=Cc1ccccc1)C(=O)NOC1CCCCO1. The topological polar surface area (TPSA) is 109 Å². The molecule has 3 N–H and O–H groups in total. The van der Waals surface area contributed by atoms with E-state index < -0.39 is 18.1 Å². The number of hydrogen-bond acceptors (Lipinski definition) is 7. The standard InChI is InChI=1S/C24H34N4O5S/c1-17(2)15-20(23(30)26-28-21(29)16-25-34-28)19(12-8-11-18-9-4-3-5-10-18)24(31)27-33-22-13-6-7-14-32-22/h3-5,8-11,17,19-20,22,25H,6-7,12-16H2,1-2H3,(H,26,30)(H,27,31)/t19-,20+,22?/m0/s1. The van der Waals surface area contributed by atoms with Crippen molar-refractivity contribution in [2.45, 2.75) is 52.2 Å². The number of ether oxygens (including phenoxy) is 1. The van der Waals surface area contributed by atoms with E-state index in [4.69, 9.17) is 9.57 Å². The van der Waals surface area contributed by atoms with Gasteiger partial charge in [0.05, 0.1) is 30.5 Å². The van der Waals surface area contributed by atoms with E-state index in [1.165, 1.54) is 4.41 Å². The van der Waals surface area contributed by atoms with Crippen LogP contribution in [0.25, 0.3) is 6.08 Å². The van der Waals surface area contributed by atoms with E-state index in [2.05, 4.69) is 15.6 Å². The van der Waals surface area contributed by atoms with Gasteiger partial charge in [0.15, 0.2) is 6.29 Å². The van der Waals surface area contributed by atoms with Gasteiger partial charge in [-0.05, 0) is 37.2 Å². The zero-order chi connectivity index (χ0) is 24.3. The molecule has 2 aliphatic heterocycles. The molecule has 0 saturated carbocycles. The lowest BCUT2D eigenvalue weighted by molar-refractivity contribution is -0.203. The summed E-state index contributed by atoms with van der Waals surface area (Å²) in [5.41, 5.74) is 6.20. The number of benzene rings is 1. The van der Waals surface area contributed by atoms with Crippen LogP contribution >= 0.6 is 12.1 Å². The molecule has 10 heteroatoms. The Balaban J connectivity index is 1.74. The predicted molar refractivity (Wildman–Crippen MR) is 130 cm³/mol. The molecule has 0 aromatic heterocycles. The molecule has 2 heterocycles. The van der Waals surface area contributed by atoms with E-state index in [1.807, 2.05) is 56.3 Å². The fraction of sp³-hybridized carbons (Fsp3) is 0.542. The van der Waals surface area contributed by atoms with Crippen LogP contribution in [0.3, 0.4) is 0 Å². The van der Waals surface area contributed by atoms with Gasteiger partial charge in [0, 0.05) is 13.0 Å². The van der Waals surface area contributed by atoms with Gasteiger partial charge in [-0.1, -0.05) is 56.3 Å². The fourth-order valence-electron chi connectivity index (χ4n) is 3.88. The Kier molecular flexibility index (Phi) is 10.4. The van der Waals surface area contributed by atoms with Gasteiger partial charge in [-0.15, -0.1) is 0 Å². The van der Waals surface area contributed by atoms with E-state index in [1.54, 1.807) is 0 Å². The minimum atomic E-state index is -0.693. The number of nitrogens with zero attached hydrogens (tertiary/aromatic N) is 1. The zero-order valence-corrected chi connectivity index (χ0v) is 20.5. The van der Waals surface area contributed by atoms with Crippen molar-refractivity contribution in [2.24, 2.45) is 17.8 Å². The maximum atomic E-state index is 13.3. The molecule has 1 aromatic rings. The summed E-state index contributed by atoms with van der Waals surface area (Å²) in [6.45, 7) is 4.73. The van der Waals surface area contributed by atoms with Crippen molar-refractivity contribution in [3.05, 3.63) is 42.0 Å². The summed E-state index contributed by atoms with van der Waals surface area (Å²) in [6, 6.07) is 9.76. The summed E-state index contributed by atoms with van der Waals surface area (Å²) in [6.07, 6.45) is 6.80. The van der Waals surface area contributed by atoms with Crippen molar-refractivity contribution in [3.63, 3.8) is 0 Å². The predicted octanol–water partition coefficient (Wildman–Crippen LogP) is 2.97. The minimum Gasteiger partial charge on any atom is -0.350 e. The average Bonchev–Trinajstić information content (AvgIpc) is 3.24. The Morgan fingerprint density at radius 1 is 1.24 bits per heavy atom. The molecule has 2 fully saturated rings. The number of allylic oxidation sites excluding steroid dienone is 1. The quantitative estimate of drug-likeness (QED) is 0.323. The summed E-state index contributed by atoms with van der Waals surface area (Å²) in [5.74, 6) is -2.20. The largest absolute Gasteiger partial charge is 0.350 e. The van der Waals surface area contributed by atoms with E-state index in [0.717, 1.165) is 30.5 Å². The second kappa shape index (κ2) is 13.5. The maximum Gasteiger partial charge on any atom is 0.267 e. The van der Waals surface area contributed by atoms with Gasteiger partial charge < -0.3 is 4.74 Å². The molecule has 34 heavy (non-hydrogen) atoms. The summed E-state index contributed by atoms with van der Waals surface area (Å²) in [5, 5.41) is 0. The number of hydrogen-bond donors (Lipinski definition) is 3. The van der Waals surface area contributed by atoms with E-state index in [-0.39, 0.29) is 30.2 Å². The smallest absolute Gasteiger partial charge is 0.267 e. The number of hydroxylamine groups is 1. The number of rotatable bonds is 11. The average molecular weight is 491 g/mol. The molecule has 3 amide bonds. The van der Waals surface area contributed by atoms with Crippen LogP contribution in [0, 0.1) is 17.8 Å². The van der Waals surface area contributed by atoms with Gasteiger partial charge in [0.25, 0.3) is 5.91 Å². The second-order valence-electron chi connectivity index (χ2n) is 8.85. The van der Waals surface area contributed by atoms with Crippen molar-refractivity contribution in [2.75, 3.05) is 13.2 Å². The van der Waals surface area contributed by atoms with Crippen molar-refractivity contribution >= 4 is 35.9 Å². The highest BCUT2D eigenvalue weighted by Crippen LogP contribution is 2.26. The molecule has 2 aliphatic rings. The molecule has 0 bridgehead atoms. The van der Waals surface area contributed by atoms with Crippen LogP contribution in [0.4, 0.5) is 0 Å². The number of nitrogens with one attached hydrogen (secondary N) is 3. The lowest BCUT2D eigenvalue weighted by Gasteiger charge is -2.28. The molecule has 1 aromatic carbocycles. The fourth-order valence-corrected chi connectivity index (χ4v) is 4.50. The van der Waals surface area contributed by atoms with Crippen LogP contribution in [0.15, 0.2) is 36.4 Å². The van der Waals surface area contributed by atoms with Crippen LogP contribution in [-0.4, -0.2) is 41.6 Å². The third-order valence-electron chi connectivity index (χ3n) is 5.63. The van der Waals surface area contributed by atoms with E-state index in [9.17, 15) is 14.4 Å². The maximum absolute atomic E-state index is 13.3. The number of hydrazine groups is 1. The van der Waals surface area contributed by atoms with Gasteiger partial charge in [-0.25, -0.2) is 15.0 Å². The first-order chi connectivity index (χ1) is 16.4. The Morgan fingerprint density at radius 2 is 2.03 bits per heavy atom. The van der Waals surface area contributed by atoms with Crippen LogP contribution < -0.4 is 15.6 Å². The Morgan fingerprint density at radius 3 is 2.68 bits per heavy atom. The normalized spacial score (nSPS) is 20.5. The first-order valence-electron chi connectivity index (χ1n) is 11.8. The highest BCUT2D eigenvalue weighted by molar-refractivity contribution is 7.96. The molecule has 9 nitrogen and oxygen atoms in total.